The monoisotopic (exact) mass is 466 g/mol. The third-order valence-corrected chi connectivity index (χ3v) is 7.01. The smallest absolute Gasteiger partial charge is 0.0991 e. The van der Waals surface area contributed by atoms with Crippen LogP contribution < -0.4 is 0 Å². The zero-order valence-electron chi connectivity index (χ0n) is 20.4. The molecule has 0 atom stereocenters. The predicted molar refractivity (Wildman–Crippen MR) is 152 cm³/mol. The first-order valence-electron chi connectivity index (χ1n) is 12.4. The molecular formula is C34H30N2. The summed E-state index contributed by atoms with van der Waals surface area (Å²) in [6.07, 6.45) is 3.74. The number of aliphatic imine (C=N–C) groups is 2. The van der Waals surface area contributed by atoms with Crippen molar-refractivity contribution < 1.29 is 0 Å². The first-order chi connectivity index (χ1) is 17.8. The molecule has 2 nitrogen and oxygen atoms in total. The van der Waals surface area contributed by atoms with Gasteiger partial charge in [-0.1, -0.05) is 133 Å². The number of hydrogen-bond acceptors (Lipinski definition) is 2. The molecule has 0 N–H and O–H groups in total. The van der Waals surface area contributed by atoms with Crippen LogP contribution in [-0.4, -0.2) is 24.5 Å². The van der Waals surface area contributed by atoms with Gasteiger partial charge in [0.2, 0.25) is 0 Å². The van der Waals surface area contributed by atoms with E-state index in [1.165, 1.54) is 0 Å². The van der Waals surface area contributed by atoms with Gasteiger partial charge in [-0.3, -0.25) is 9.98 Å². The van der Waals surface area contributed by atoms with Crippen molar-refractivity contribution in [3.8, 4) is 0 Å². The van der Waals surface area contributed by atoms with E-state index in [1.54, 1.807) is 0 Å². The number of rotatable bonds is 8. The molecule has 0 spiro atoms. The Morgan fingerprint density at radius 2 is 0.694 bits per heavy atom. The molecule has 1 saturated carbocycles. The van der Waals surface area contributed by atoms with E-state index < -0.39 is 10.8 Å². The van der Waals surface area contributed by atoms with Gasteiger partial charge in [-0.2, -0.15) is 0 Å². The molecule has 1 fully saturated rings. The van der Waals surface area contributed by atoms with E-state index in [1.807, 2.05) is 12.2 Å². The average molecular weight is 467 g/mol. The van der Waals surface area contributed by atoms with Crippen molar-refractivity contribution >= 4 is 11.4 Å². The van der Waals surface area contributed by atoms with Gasteiger partial charge in [-0.25, -0.2) is 0 Å². The lowest BCUT2D eigenvalue weighted by molar-refractivity contribution is 0.674. The van der Waals surface area contributed by atoms with Gasteiger partial charge in [0.25, 0.3) is 0 Å². The van der Waals surface area contributed by atoms with Crippen molar-refractivity contribution in [1.82, 2.24) is 0 Å². The fourth-order valence-corrected chi connectivity index (χ4v) is 5.69. The highest BCUT2D eigenvalue weighted by Gasteiger charge is 2.69. The highest BCUT2D eigenvalue weighted by molar-refractivity contribution is 6.45. The molecule has 0 aliphatic heterocycles. The van der Waals surface area contributed by atoms with E-state index in [4.69, 9.17) is 9.98 Å². The molecule has 2 heteroatoms. The Kier molecular flexibility index (Phi) is 6.60. The van der Waals surface area contributed by atoms with Gasteiger partial charge in [0.1, 0.15) is 0 Å². The quantitative estimate of drug-likeness (QED) is 0.245. The molecule has 0 radical (unpaired) electrons. The molecule has 5 rings (SSSR count). The zero-order chi connectivity index (χ0) is 24.8. The van der Waals surface area contributed by atoms with Crippen molar-refractivity contribution in [2.75, 3.05) is 13.1 Å². The molecule has 0 unspecified atom stereocenters. The molecule has 0 bridgehead atoms. The van der Waals surface area contributed by atoms with Crippen LogP contribution in [0.4, 0.5) is 0 Å². The predicted octanol–water partition coefficient (Wildman–Crippen LogP) is 7.23. The lowest BCUT2D eigenvalue weighted by Gasteiger charge is -2.60. The molecule has 0 aromatic heterocycles. The summed E-state index contributed by atoms with van der Waals surface area (Å²) in [4.78, 5) is 10.6. The standard InChI is InChI=1S/C34H30N2/c1-3-25-35-31-33(27-17-9-5-10-18-27,28-19-11-6-12-20-28)32(36-26-4-2)34(31,29-21-13-7-14-22-29)30-23-15-8-16-24-30/h3-24H,1-2,25-26H2. The largest absolute Gasteiger partial charge is 0.287 e. The average Bonchev–Trinajstić information content (AvgIpc) is 2.95. The fourth-order valence-electron chi connectivity index (χ4n) is 5.69. The second kappa shape index (κ2) is 10.1. The Morgan fingerprint density at radius 3 is 0.917 bits per heavy atom. The summed E-state index contributed by atoms with van der Waals surface area (Å²) >= 11 is 0. The molecule has 176 valence electrons. The molecule has 4 aromatic rings. The van der Waals surface area contributed by atoms with E-state index in [0.717, 1.165) is 33.7 Å². The summed E-state index contributed by atoms with van der Waals surface area (Å²) in [7, 11) is 0. The van der Waals surface area contributed by atoms with Gasteiger partial charge >= 0.3 is 0 Å². The maximum absolute atomic E-state index is 5.31. The van der Waals surface area contributed by atoms with Gasteiger partial charge in [-0.05, 0) is 22.3 Å². The van der Waals surface area contributed by atoms with E-state index in [9.17, 15) is 0 Å². The van der Waals surface area contributed by atoms with Crippen molar-refractivity contribution in [1.29, 1.82) is 0 Å². The van der Waals surface area contributed by atoms with Gasteiger partial charge in [-0.15, -0.1) is 13.2 Å². The lowest BCUT2D eigenvalue weighted by Crippen LogP contribution is -2.73. The summed E-state index contributed by atoms with van der Waals surface area (Å²) in [6, 6.07) is 42.6. The minimum Gasteiger partial charge on any atom is -0.287 e. The molecule has 4 aromatic carbocycles. The van der Waals surface area contributed by atoms with Crippen LogP contribution >= 0.6 is 0 Å². The topological polar surface area (TPSA) is 24.7 Å². The number of benzene rings is 4. The summed E-state index contributed by atoms with van der Waals surface area (Å²) in [5, 5.41) is 0. The highest BCUT2D eigenvalue weighted by atomic mass is 14.9. The maximum Gasteiger partial charge on any atom is 0.0991 e. The Balaban J connectivity index is 1.96. The summed E-state index contributed by atoms with van der Waals surface area (Å²) in [5.41, 5.74) is 5.53. The fraction of sp³-hybridized carbons (Fsp3) is 0.118. The van der Waals surface area contributed by atoms with Gasteiger partial charge in [0.15, 0.2) is 0 Å². The minimum absolute atomic E-state index is 0.521. The lowest BCUT2D eigenvalue weighted by atomic mass is 9.41. The van der Waals surface area contributed by atoms with Crippen LogP contribution in [0.15, 0.2) is 157 Å². The first-order valence-corrected chi connectivity index (χ1v) is 12.4. The summed E-state index contributed by atoms with van der Waals surface area (Å²) in [5.74, 6) is 0. The van der Waals surface area contributed by atoms with Gasteiger partial charge in [0.05, 0.1) is 35.3 Å². The highest BCUT2D eigenvalue weighted by Crippen LogP contribution is 2.58. The van der Waals surface area contributed by atoms with E-state index >= 15 is 0 Å². The second-order valence-corrected chi connectivity index (χ2v) is 8.92. The van der Waals surface area contributed by atoms with Crippen LogP contribution in [0, 0.1) is 0 Å². The molecular weight excluding hydrogens is 436 g/mol. The van der Waals surface area contributed by atoms with E-state index in [2.05, 4.69) is 134 Å². The van der Waals surface area contributed by atoms with Crippen LogP contribution in [0.1, 0.15) is 22.3 Å². The molecule has 0 heterocycles. The van der Waals surface area contributed by atoms with Crippen LogP contribution in [0.5, 0.6) is 0 Å². The Morgan fingerprint density at radius 1 is 0.444 bits per heavy atom. The number of hydrogen-bond donors (Lipinski definition) is 0. The minimum atomic E-state index is -0.611. The van der Waals surface area contributed by atoms with Crippen molar-refractivity contribution in [3.63, 3.8) is 0 Å². The zero-order valence-corrected chi connectivity index (χ0v) is 20.4. The number of nitrogens with zero attached hydrogens (tertiary/aromatic N) is 2. The Labute approximate surface area is 214 Å². The normalized spacial score (nSPS) is 15.4. The van der Waals surface area contributed by atoms with Crippen LogP contribution in [0.2, 0.25) is 0 Å². The Bertz CT molecular complexity index is 1180. The molecule has 1 aliphatic rings. The summed E-state index contributed by atoms with van der Waals surface area (Å²) < 4.78 is 0. The van der Waals surface area contributed by atoms with Gasteiger partial charge < -0.3 is 0 Å². The maximum atomic E-state index is 5.31. The van der Waals surface area contributed by atoms with Crippen LogP contribution in [-0.2, 0) is 10.8 Å². The third kappa shape index (κ3) is 3.49. The third-order valence-electron chi connectivity index (χ3n) is 7.01. The van der Waals surface area contributed by atoms with E-state index in [-0.39, 0.29) is 0 Å². The molecule has 1 aliphatic carbocycles. The Hall–Kier alpha value is -4.30. The molecule has 0 amide bonds. The molecule has 0 saturated heterocycles. The van der Waals surface area contributed by atoms with Crippen LogP contribution in [0.3, 0.4) is 0 Å². The molecule has 36 heavy (non-hydrogen) atoms. The van der Waals surface area contributed by atoms with Gasteiger partial charge in [0, 0.05) is 0 Å². The SMILES string of the molecule is C=CCN=C1C(c2ccccc2)(c2ccccc2)C(=NCC=C)C1(c1ccccc1)c1ccccc1. The van der Waals surface area contributed by atoms with Crippen molar-refractivity contribution in [2.45, 2.75) is 10.8 Å². The summed E-state index contributed by atoms with van der Waals surface area (Å²) in [6.45, 7) is 9.03. The second-order valence-electron chi connectivity index (χ2n) is 8.92. The van der Waals surface area contributed by atoms with Crippen molar-refractivity contribution in [2.24, 2.45) is 9.98 Å². The van der Waals surface area contributed by atoms with Crippen molar-refractivity contribution in [3.05, 3.63) is 169 Å². The first kappa shape index (κ1) is 23.4. The van der Waals surface area contributed by atoms with E-state index in [0.29, 0.717) is 13.1 Å². The van der Waals surface area contributed by atoms with Crippen LogP contribution in [0.25, 0.3) is 0 Å².